The van der Waals surface area contributed by atoms with Crippen LogP contribution in [0.4, 0.5) is 11.6 Å². The van der Waals surface area contributed by atoms with E-state index in [2.05, 4.69) is 32.3 Å². The fraction of sp³-hybridized carbons (Fsp3) is 0.389. The zero-order chi connectivity index (χ0) is 15.9. The lowest BCUT2D eigenvalue weighted by molar-refractivity contribution is -0.116. The quantitative estimate of drug-likeness (QED) is 0.891. The molecule has 0 atom stereocenters. The molecule has 0 radical (unpaired) electrons. The Bertz CT molecular complexity index is 621. The summed E-state index contributed by atoms with van der Waals surface area (Å²) in [6.07, 6.45) is 8.03. The maximum absolute atomic E-state index is 12.0. The van der Waals surface area contributed by atoms with Gasteiger partial charge in [0.2, 0.25) is 11.9 Å². The van der Waals surface area contributed by atoms with Crippen molar-refractivity contribution in [2.24, 2.45) is 0 Å². The van der Waals surface area contributed by atoms with Crippen LogP contribution in [0.25, 0.3) is 0 Å². The molecule has 5 nitrogen and oxygen atoms in total. The first kappa shape index (κ1) is 15.5. The van der Waals surface area contributed by atoms with Crippen LogP contribution in [0, 0.1) is 0 Å². The molecule has 1 N–H and O–H groups in total. The second-order valence-corrected chi connectivity index (χ2v) is 5.85. The van der Waals surface area contributed by atoms with Gasteiger partial charge in [0.05, 0.1) is 18.1 Å². The Balaban J connectivity index is 1.44. The molecule has 2 heterocycles. The number of aromatic nitrogens is 2. The molecule has 2 aromatic rings. The van der Waals surface area contributed by atoms with E-state index in [0.717, 1.165) is 31.9 Å². The predicted molar refractivity (Wildman–Crippen MR) is 91.5 cm³/mol. The standard InChI is InChI=1S/C18H22N4O/c23-17(10-6-9-15-7-2-1-3-8-15)21-16-13-19-18(20-14-16)22-11-4-5-12-22/h1-3,7-8,13-14H,4-6,9-12H2,(H,21,23). The summed E-state index contributed by atoms with van der Waals surface area (Å²) in [5, 5.41) is 2.86. The van der Waals surface area contributed by atoms with Crippen molar-refractivity contribution in [1.82, 2.24) is 9.97 Å². The van der Waals surface area contributed by atoms with E-state index in [1.165, 1.54) is 18.4 Å². The van der Waals surface area contributed by atoms with Crippen LogP contribution in [0.3, 0.4) is 0 Å². The number of rotatable bonds is 6. The first-order valence-electron chi connectivity index (χ1n) is 8.22. The highest BCUT2D eigenvalue weighted by Gasteiger charge is 2.14. The third-order valence-corrected chi connectivity index (χ3v) is 4.02. The smallest absolute Gasteiger partial charge is 0.225 e. The van der Waals surface area contributed by atoms with Gasteiger partial charge in [0, 0.05) is 19.5 Å². The summed E-state index contributed by atoms with van der Waals surface area (Å²) in [5.41, 5.74) is 1.93. The summed E-state index contributed by atoms with van der Waals surface area (Å²) in [5.74, 6) is 0.767. The van der Waals surface area contributed by atoms with Crippen LogP contribution >= 0.6 is 0 Å². The highest BCUT2D eigenvalue weighted by Crippen LogP contribution is 2.16. The predicted octanol–water partition coefficient (Wildman–Crippen LogP) is 3.04. The zero-order valence-corrected chi connectivity index (χ0v) is 13.2. The molecule has 1 aromatic heterocycles. The van der Waals surface area contributed by atoms with E-state index in [4.69, 9.17) is 0 Å². The van der Waals surface area contributed by atoms with Gasteiger partial charge in [-0.05, 0) is 31.2 Å². The summed E-state index contributed by atoms with van der Waals surface area (Å²) in [7, 11) is 0. The molecular weight excluding hydrogens is 288 g/mol. The van der Waals surface area contributed by atoms with Crippen LogP contribution in [0.2, 0.25) is 0 Å². The fourth-order valence-electron chi connectivity index (χ4n) is 2.79. The molecule has 1 saturated heterocycles. The van der Waals surface area contributed by atoms with E-state index in [1.54, 1.807) is 12.4 Å². The fourth-order valence-corrected chi connectivity index (χ4v) is 2.79. The molecule has 1 fully saturated rings. The number of carbonyl (C=O) groups is 1. The largest absolute Gasteiger partial charge is 0.341 e. The molecule has 0 spiro atoms. The lowest BCUT2D eigenvalue weighted by atomic mass is 10.1. The molecule has 5 heteroatoms. The molecule has 1 amide bonds. The average Bonchev–Trinajstić information content (AvgIpc) is 3.11. The minimum Gasteiger partial charge on any atom is -0.341 e. The number of hydrogen-bond donors (Lipinski definition) is 1. The Kier molecular flexibility index (Phi) is 5.19. The summed E-state index contributed by atoms with van der Waals surface area (Å²) in [4.78, 5) is 22.8. The van der Waals surface area contributed by atoms with Gasteiger partial charge in [0.15, 0.2) is 0 Å². The van der Waals surface area contributed by atoms with Gasteiger partial charge in [0.25, 0.3) is 0 Å². The first-order chi connectivity index (χ1) is 11.3. The Morgan fingerprint density at radius 1 is 1.09 bits per heavy atom. The van der Waals surface area contributed by atoms with Crippen molar-refractivity contribution in [3.63, 3.8) is 0 Å². The minimum absolute atomic E-state index is 0.0125. The Morgan fingerprint density at radius 2 is 1.78 bits per heavy atom. The third-order valence-electron chi connectivity index (χ3n) is 4.02. The number of nitrogens with zero attached hydrogens (tertiary/aromatic N) is 3. The molecule has 0 aliphatic carbocycles. The molecule has 120 valence electrons. The Morgan fingerprint density at radius 3 is 2.48 bits per heavy atom. The molecule has 3 rings (SSSR count). The first-order valence-corrected chi connectivity index (χ1v) is 8.22. The van der Waals surface area contributed by atoms with Crippen LogP contribution < -0.4 is 10.2 Å². The van der Waals surface area contributed by atoms with Gasteiger partial charge in [0.1, 0.15) is 0 Å². The number of nitrogens with one attached hydrogen (secondary N) is 1. The molecule has 0 saturated carbocycles. The molecule has 0 unspecified atom stereocenters. The second-order valence-electron chi connectivity index (χ2n) is 5.85. The van der Waals surface area contributed by atoms with Crippen LogP contribution in [0.15, 0.2) is 42.7 Å². The minimum atomic E-state index is 0.0125. The van der Waals surface area contributed by atoms with Crippen LogP contribution in [-0.4, -0.2) is 29.0 Å². The summed E-state index contributed by atoms with van der Waals surface area (Å²) in [6, 6.07) is 10.2. The lowest BCUT2D eigenvalue weighted by Gasteiger charge is -2.14. The van der Waals surface area contributed by atoms with E-state index < -0.39 is 0 Å². The number of amides is 1. The third kappa shape index (κ3) is 4.52. The van der Waals surface area contributed by atoms with E-state index in [1.807, 2.05) is 18.2 Å². The van der Waals surface area contributed by atoms with Crippen LogP contribution in [0.1, 0.15) is 31.2 Å². The van der Waals surface area contributed by atoms with E-state index >= 15 is 0 Å². The maximum Gasteiger partial charge on any atom is 0.225 e. The van der Waals surface area contributed by atoms with E-state index in [-0.39, 0.29) is 5.91 Å². The number of aryl methyl sites for hydroxylation is 1. The van der Waals surface area contributed by atoms with Crippen LogP contribution in [0.5, 0.6) is 0 Å². The number of hydrogen-bond acceptors (Lipinski definition) is 4. The van der Waals surface area contributed by atoms with Gasteiger partial charge in [-0.2, -0.15) is 0 Å². The summed E-state index contributed by atoms with van der Waals surface area (Å²) in [6.45, 7) is 2.04. The monoisotopic (exact) mass is 310 g/mol. The topological polar surface area (TPSA) is 58.1 Å². The van der Waals surface area contributed by atoms with Gasteiger partial charge >= 0.3 is 0 Å². The molecule has 0 bridgehead atoms. The molecule has 1 aliphatic rings. The van der Waals surface area contributed by atoms with Crippen molar-refractivity contribution in [2.75, 3.05) is 23.3 Å². The van der Waals surface area contributed by atoms with Crippen molar-refractivity contribution >= 4 is 17.5 Å². The molecule has 23 heavy (non-hydrogen) atoms. The van der Waals surface area contributed by atoms with E-state index in [0.29, 0.717) is 12.1 Å². The van der Waals surface area contributed by atoms with Crippen molar-refractivity contribution < 1.29 is 4.79 Å². The molecule has 1 aliphatic heterocycles. The second kappa shape index (κ2) is 7.72. The van der Waals surface area contributed by atoms with Crippen molar-refractivity contribution in [3.8, 4) is 0 Å². The maximum atomic E-state index is 12.0. The molecule has 1 aromatic carbocycles. The summed E-state index contributed by atoms with van der Waals surface area (Å²) >= 11 is 0. The highest BCUT2D eigenvalue weighted by atomic mass is 16.1. The number of carbonyl (C=O) groups excluding carboxylic acids is 1. The number of benzene rings is 1. The van der Waals surface area contributed by atoms with Crippen LogP contribution in [-0.2, 0) is 11.2 Å². The lowest BCUT2D eigenvalue weighted by Crippen LogP contribution is -2.20. The normalized spacial score (nSPS) is 14.0. The summed E-state index contributed by atoms with van der Waals surface area (Å²) < 4.78 is 0. The Hall–Kier alpha value is -2.43. The van der Waals surface area contributed by atoms with Crippen molar-refractivity contribution in [2.45, 2.75) is 32.1 Å². The molecular formula is C18H22N4O. The van der Waals surface area contributed by atoms with Gasteiger partial charge in [-0.3, -0.25) is 4.79 Å². The van der Waals surface area contributed by atoms with Gasteiger partial charge in [-0.25, -0.2) is 9.97 Å². The average molecular weight is 310 g/mol. The van der Waals surface area contributed by atoms with Crippen molar-refractivity contribution in [3.05, 3.63) is 48.3 Å². The van der Waals surface area contributed by atoms with Crippen molar-refractivity contribution in [1.29, 1.82) is 0 Å². The van der Waals surface area contributed by atoms with E-state index in [9.17, 15) is 4.79 Å². The van der Waals surface area contributed by atoms with Gasteiger partial charge in [-0.15, -0.1) is 0 Å². The number of anilines is 2. The SMILES string of the molecule is O=C(CCCc1ccccc1)Nc1cnc(N2CCCC2)nc1. The zero-order valence-electron chi connectivity index (χ0n) is 13.2. The van der Waals surface area contributed by atoms with Gasteiger partial charge < -0.3 is 10.2 Å². The highest BCUT2D eigenvalue weighted by molar-refractivity contribution is 5.90. The Labute approximate surface area is 136 Å². The van der Waals surface area contributed by atoms with Gasteiger partial charge in [-0.1, -0.05) is 30.3 Å².